The molecule has 0 amide bonds. The van der Waals surface area contributed by atoms with Crippen LogP contribution in [0.2, 0.25) is 10.0 Å². The number of aliphatic hydroxyl groups excluding tert-OH is 1. The van der Waals surface area contributed by atoms with E-state index >= 15 is 0 Å². The monoisotopic (exact) mass is 289 g/mol. The molecule has 0 spiro atoms. The van der Waals surface area contributed by atoms with Crippen LogP contribution in [0.4, 0.5) is 0 Å². The minimum Gasteiger partial charge on any atom is -0.388 e. The summed E-state index contributed by atoms with van der Waals surface area (Å²) in [7, 11) is 0. The summed E-state index contributed by atoms with van der Waals surface area (Å²) >= 11 is 12.0. The van der Waals surface area contributed by atoms with Gasteiger partial charge in [0, 0.05) is 35.2 Å². The lowest BCUT2D eigenvalue weighted by molar-refractivity contribution is 0.0300. The van der Waals surface area contributed by atoms with E-state index in [0.29, 0.717) is 22.0 Å². The van der Waals surface area contributed by atoms with Crippen molar-refractivity contribution in [2.75, 3.05) is 32.8 Å². The summed E-state index contributed by atoms with van der Waals surface area (Å²) < 4.78 is 5.28. The number of halogens is 2. The standard InChI is InChI=1S/C13H17Cl2NO2/c14-10-1-2-12(15)11(9-10)13(17)3-4-16-5-7-18-8-6-16/h1-2,9,13,17H,3-8H2. The van der Waals surface area contributed by atoms with Crippen LogP contribution in [-0.2, 0) is 4.74 Å². The molecular formula is C13H17Cl2NO2. The number of aliphatic hydroxyl groups is 1. The quantitative estimate of drug-likeness (QED) is 0.925. The van der Waals surface area contributed by atoms with Gasteiger partial charge >= 0.3 is 0 Å². The predicted molar refractivity (Wildman–Crippen MR) is 73.3 cm³/mol. The van der Waals surface area contributed by atoms with E-state index in [-0.39, 0.29) is 0 Å². The van der Waals surface area contributed by atoms with E-state index in [1.807, 2.05) is 0 Å². The molecule has 1 aliphatic rings. The molecule has 0 saturated carbocycles. The van der Waals surface area contributed by atoms with Gasteiger partial charge in [0.25, 0.3) is 0 Å². The van der Waals surface area contributed by atoms with Crippen molar-refractivity contribution in [2.24, 2.45) is 0 Å². The Kier molecular flexibility index (Phi) is 5.27. The van der Waals surface area contributed by atoms with E-state index < -0.39 is 6.10 Å². The van der Waals surface area contributed by atoms with Crippen LogP contribution in [0, 0.1) is 0 Å². The highest BCUT2D eigenvalue weighted by molar-refractivity contribution is 6.33. The molecule has 1 N–H and O–H groups in total. The van der Waals surface area contributed by atoms with Gasteiger partial charge in [-0.15, -0.1) is 0 Å². The minimum atomic E-state index is -0.570. The van der Waals surface area contributed by atoms with Crippen LogP contribution < -0.4 is 0 Å². The molecule has 5 heteroatoms. The van der Waals surface area contributed by atoms with E-state index in [0.717, 1.165) is 32.8 Å². The van der Waals surface area contributed by atoms with Crippen LogP contribution in [-0.4, -0.2) is 42.9 Å². The summed E-state index contributed by atoms with van der Waals surface area (Å²) in [4.78, 5) is 2.28. The summed E-state index contributed by atoms with van der Waals surface area (Å²) in [5, 5.41) is 11.3. The molecule has 0 radical (unpaired) electrons. The van der Waals surface area contributed by atoms with Crippen molar-refractivity contribution < 1.29 is 9.84 Å². The third-order valence-electron chi connectivity index (χ3n) is 3.14. The van der Waals surface area contributed by atoms with E-state index in [1.54, 1.807) is 18.2 Å². The zero-order valence-electron chi connectivity index (χ0n) is 10.1. The minimum absolute atomic E-state index is 0.564. The normalized spacial score (nSPS) is 18.8. The van der Waals surface area contributed by atoms with Crippen molar-refractivity contribution in [2.45, 2.75) is 12.5 Å². The molecule has 1 heterocycles. The Bertz CT molecular complexity index is 395. The fraction of sp³-hybridized carbons (Fsp3) is 0.538. The second-order valence-corrected chi connectivity index (χ2v) is 5.27. The SMILES string of the molecule is OC(CCN1CCOCC1)c1cc(Cl)ccc1Cl. The lowest BCUT2D eigenvalue weighted by atomic mass is 10.1. The maximum atomic E-state index is 10.2. The van der Waals surface area contributed by atoms with Crippen molar-refractivity contribution in [1.29, 1.82) is 0 Å². The Morgan fingerprint density at radius 1 is 1.28 bits per heavy atom. The smallest absolute Gasteiger partial charge is 0.0817 e. The Labute approximate surface area is 117 Å². The van der Waals surface area contributed by atoms with E-state index in [4.69, 9.17) is 27.9 Å². The number of hydrogen-bond acceptors (Lipinski definition) is 3. The van der Waals surface area contributed by atoms with Gasteiger partial charge in [0.2, 0.25) is 0 Å². The van der Waals surface area contributed by atoms with Gasteiger partial charge < -0.3 is 9.84 Å². The summed E-state index contributed by atoms with van der Waals surface area (Å²) in [6, 6.07) is 5.17. The average molecular weight is 290 g/mol. The zero-order chi connectivity index (χ0) is 13.0. The molecule has 3 nitrogen and oxygen atoms in total. The number of morpholine rings is 1. The summed E-state index contributed by atoms with van der Waals surface area (Å²) in [5.74, 6) is 0. The largest absolute Gasteiger partial charge is 0.388 e. The molecule has 0 aromatic heterocycles. The number of rotatable bonds is 4. The first kappa shape index (κ1) is 14.1. The molecule has 1 aromatic rings. The molecule has 1 atom stereocenters. The number of benzene rings is 1. The van der Waals surface area contributed by atoms with Crippen molar-refractivity contribution in [3.63, 3.8) is 0 Å². The highest BCUT2D eigenvalue weighted by atomic mass is 35.5. The Morgan fingerprint density at radius 2 is 2.00 bits per heavy atom. The second-order valence-electron chi connectivity index (χ2n) is 4.42. The third-order valence-corrected chi connectivity index (χ3v) is 3.72. The Hall–Kier alpha value is -0.320. The van der Waals surface area contributed by atoms with Gasteiger partial charge in [-0.1, -0.05) is 23.2 Å². The molecule has 1 aliphatic heterocycles. The van der Waals surface area contributed by atoms with Crippen LogP contribution >= 0.6 is 23.2 Å². The highest BCUT2D eigenvalue weighted by Crippen LogP contribution is 2.28. The van der Waals surface area contributed by atoms with Gasteiger partial charge in [0.15, 0.2) is 0 Å². The highest BCUT2D eigenvalue weighted by Gasteiger charge is 2.15. The van der Waals surface area contributed by atoms with Crippen LogP contribution in [0.3, 0.4) is 0 Å². The third kappa shape index (κ3) is 3.84. The van der Waals surface area contributed by atoms with E-state index in [2.05, 4.69) is 4.90 Å². The van der Waals surface area contributed by atoms with Gasteiger partial charge in [-0.05, 0) is 24.6 Å². The van der Waals surface area contributed by atoms with Gasteiger partial charge in [0.05, 0.1) is 19.3 Å². The number of ether oxygens (including phenoxy) is 1. The molecule has 1 fully saturated rings. The zero-order valence-corrected chi connectivity index (χ0v) is 11.6. The van der Waals surface area contributed by atoms with Gasteiger partial charge in [-0.25, -0.2) is 0 Å². The molecular weight excluding hydrogens is 273 g/mol. The maximum Gasteiger partial charge on any atom is 0.0817 e. The van der Waals surface area contributed by atoms with Crippen LogP contribution in [0.1, 0.15) is 18.1 Å². The van der Waals surface area contributed by atoms with Crippen LogP contribution in [0.25, 0.3) is 0 Å². The van der Waals surface area contributed by atoms with Crippen LogP contribution in [0.5, 0.6) is 0 Å². The fourth-order valence-corrected chi connectivity index (χ4v) is 2.48. The number of nitrogens with zero attached hydrogens (tertiary/aromatic N) is 1. The summed E-state index contributed by atoms with van der Waals surface area (Å²) in [6.45, 7) is 4.24. The molecule has 1 saturated heterocycles. The lowest BCUT2D eigenvalue weighted by Gasteiger charge is -2.27. The van der Waals surface area contributed by atoms with Crippen molar-refractivity contribution in [3.05, 3.63) is 33.8 Å². The fourth-order valence-electron chi connectivity index (χ4n) is 2.06. The first-order chi connectivity index (χ1) is 8.66. The Balaban J connectivity index is 1.90. The average Bonchev–Trinajstić information content (AvgIpc) is 2.40. The molecule has 100 valence electrons. The van der Waals surface area contributed by atoms with E-state index in [9.17, 15) is 5.11 Å². The predicted octanol–water partition coefficient (Wildman–Crippen LogP) is 2.75. The molecule has 2 rings (SSSR count). The maximum absolute atomic E-state index is 10.2. The van der Waals surface area contributed by atoms with Crippen molar-refractivity contribution in [1.82, 2.24) is 4.90 Å². The lowest BCUT2D eigenvalue weighted by Crippen LogP contribution is -2.37. The van der Waals surface area contributed by atoms with Crippen molar-refractivity contribution in [3.8, 4) is 0 Å². The molecule has 18 heavy (non-hydrogen) atoms. The summed E-state index contributed by atoms with van der Waals surface area (Å²) in [5.41, 5.74) is 0.706. The first-order valence-corrected chi connectivity index (χ1v) is 6.85. The van der Waals surface area contributed by atoms with Gasteiger partial charge in [0.1, 0.15) is 0 Å². The number of hydrogen-bond donors (Lipinski definition) is 1. The van der Waals surface area contributed by atoms with Gasteiger partial charge in [-0.2, -0.15) is 0 Å². The van der Waals surface area contributed by atoms with Gasteiger partial charge in [-0.3, -0.25) is 4.90 Å². The topological polar surface area (TPSA) is 32.7 Å². The Morgan fingerprint density at radius 3 is 2.72 bits per heavy atom. The molecule has 1 aromatic carbocycles. The van der Waals surface area contributed by atoms with Crippen molar-refractivity contribution >= 4 is 23.2 Å². The first-order valence-electron chi connectivity index (χ1n) is 6.10. The van der Waals surface area contributed by atoms with Crippen LogP contribution in [0.15, 0.2) is 18.2 Å². The summed E-state index contributed by atoms with van der Waals surface area (Å²) in [6.07, 6.45) is 0.0825. The molecule has 0 aliphatic carbocycles. The molecule has 1 unspecified atom stereocenters. The van der Waals surface area contributed by atoms with E-state index in [1.165, 1.54) is 0 Å². The molecule has 0 bridgehead atoms. The second kappa shape index (κ2) is 6.73.